The molecule has 7 heteroatoms. The second kappa shape index (κ2) is 4.77. The third-order valence-corrected chi connectivity index (χ3v) is 4.36. The molecule has 2 N–H and O–H groups in total. The average Bonchev–Trinajstić information content (AvgIpc) is 2.86. The van der Waals surface area contributed by atoms with Crippen LogP contribution < -0.4 is 10.0 Å². The molecule has 2 rings (SSSR count). The maximum Gasteiger partial charge on any atom is 0.242 e. The quantitative estimate of drug-likeness (QED) is 0.749. The molecule has 0 radical (unpaired) electrons. The van der Waals surface area contributed by atoms with Crippen LogP contribution in [0.1, 0.15) is 0 Å². The molecule has 1 aromatic rings. The van der Waals surface area contributed by atoms with Crippen LogP contribution in [-0.2, 0) is 21.8 Å². The second-order valence-electron chi connectivity index (χ2n) is 4.17. The van der Waals surface area contributed by atoms with Crippen molar-refractivity contribution in [1.82, 2.24) is 14.6 Å². The molecule has 1 fully saturated rings. The summed E-state index contributed by atoms with van der Waals surface area (Å²) >= 11 is 0. The number of aryl methyl sites for hydroxylation is 1. The highest BCUT2D eigenvalue weighted by Gasteiger charge is 2.31. The fourth-order valence-corrected chi connectivity index (χ4v) is 3.24. The van der Waals surface area contributed by atoms with Crippen LogP contribution in [0.4, 0.5) is 0 Å². The molecule has 0 bridgehead atoms. The van der Waals surface area contributed by atoms with Crippen molar-refractivity contribution in [1.29, 1.82) is 0 Å². The number of nitrogens with zero attached hydrogens (tertiary/aromatic N) is 1. The van der Waals surface area contributed by atoms with Crippen molar-refractivity contribution in [3.63, 3.8) is 0 Å². The Morgan fingerprint density at radius 2 is 2.29 bits per heavy atom. The third kappa shape index (κ3) is 2.68. The monoisotopic (exact) mass is 259 g/mol. The maximum atomic E-state index is 12.1. The Labute approximate surface area is 101 Å². The highest BCUT2D eigenvalue weighted by Crippen LogP contribution is 2.12. The molecule has 0 aromatic carbocycles. The SMILES string of the molecule is CO[C@H]1CNCC1NS(=O)(=O)c1ccn(C)c1. The molecule has 17 heavy (non-hydrogen) atoms. The van der Waals surface area contributed by atoms with Gasteiger partial charge in [0.2, 0.25) is 10.0 Å². The summed E-state index contributed by atoms with van der Waals surface area (Å²) in [6.45, 7) is 1.25. The smallest absolute Gasteiger partial charge is 0.242 e. The van der Waals surface area contributed by atoms with E-state index in [0.717, 1.165) is 0 Å². The highest BCUT2D eigenvalue weighted by atomic mass is 32.2. The van der Waals surface area contributed by atoms with Gasteiger partial charge >= 0.3 is 0 Å². The molecule has 0 amide bonds. The first-order chi connectivity index (χ1) is 8.03. The van der Waals surface area contributed by atoms with Crippen LogP contribution in [0.5, 0.6) is 0 Å². The normalized spacial score (nSPS) is 25.3. The zero-order valence-electron chi connectivity index (χ0n) is 9.88. The number of nitrogens with one attached hydrogen (secondary N) is 2. The number of rotatable bonds is 4. The Morgan fingerprint density at radius 1 is 1.53 bits per heavy atom. The van der Waals surface area contributed by atoms with Crippen LogP contribution >= 0.6 is 0 Å². The van der Waals surface area contributed by atoms with Gasteiger partial charge in [0, 0.05) is 39.6 Å². The van der Waals surface area contributed by atoms with Gasteiger partial charge in [-0.2, -0.15) is 0 Å². The molecule has 0 spiro atoms. The molecule has 6 nitrogen and oxygen atoms in total. The summed E-state index contributed by atoms with van der Waals surface area (Å²) in [5.41, 5.74) is 0. The van der Waals surface area contributed by atoms with Crippen molar-refractivity contribution in [3.8, 4) is 0 Å². The minimum Gasteiger partial charge on any atom is -0.378 e. The summed E-state index contributed by atoms with van der Waals surface area (Å²) < 4.78 is 33.7. The summed E-state index contributed by atoms with van der Waals surface area (Å²) in [6, 6.07) is 1.36. The van der Waals surface area contributed by atoms with Crippen molar-refractivity contribution < 1.29 is 13.2 Å². The van der Waals surface area contributed by atoms with Gasteiger partial charge in [0.1, 0.15) is 0 Å². The lowest BCUT2D eigenvalue weighted by molar-refractivity contribution is 0.103. The zero-order chi connectivity index (χ0) is 12.5. The molecule has 1 aliphatic heterocycles. The summed E-state index contributed by atoms with van der Waals surface area (Å²) in [6.07, 6.45) is 3.16. The Kier molecular flexibility index (Phi) is 3.53. The summed E-state index contributed by atoms with van der Waals surface area (Å²) in [7, 11) is -0.0861. The lowest BCUT2D eigenvalue weighted by Crippen LogP contribution is -2.43. The molecule has 1 aromatic heterocycles. The van der Waals surface area contributed by atoms with E-state index in [1.54, 1.807) is 37.2 Å². The molecule has 1 unspecified atom stereocenters. The lowest BCUT2D eigenvalue weighted by atomic mass is 10.2. The molecule has 0 saturated carbocycles. The zero-order valence-corrected chi connectivity index (χ0v) is 10.7. The van der Waals surface area contributed by atoms with E-state index in [9.17, 15) is 8.42 Å². The second-order valence-corrected chi connectivity index (χ2v) is 5.89. The molecule has 96 valence electrons. The molecule has 1 saturated heterocycles. The van der Waals surface area contributed by atoms with Crippen LogP contribution in [0.2, 0.25) is 0 Å². The van der Waals surface area contributed by atoms with E-state index in [-0.39, 0.29) is 17.0 Å². The minimum absolute atomic E-state index is 0.117. The predicted octanol–water partition coefficient (Wildman–Crippen LogP) is -0.710. The first-order valence-corrected chi connectivity index (χ1v) is 6.89. The van der Waals surface area contributed by atoms with E-state index in [2.05, 4.69) is 10.0 Å². The molecule has 2 atom stereocenters. The van der Waals surface area contributed by atoms with Crippen LogP contribution in [-0.4, -0.2) is 45.3 Å². The number of hydrogen-bond donors (Lipinski definition) is 2. The van der Waals surface area contributed by atoms with Crippen LogP contribution in [0.3, 0.4) is 0 Å². The van der Waals surface area contributed by atoms with Gasteiger partial charge in [-0.05, 0) is 6.07 Å². The summed E-state index contributed by atoms with van der Waals surface area (Å²) in [4.78, 5) is 0.279. The van der Waals surface area contributed by atoms with E-state index in [0.29, 0.717) is 13.1 Å². The molecular formula is C10H17N3O3S. The standard InChI is InChI=1S/C10H17N3O3S/c1-13-4-3-8(7-13)17(14,15)12-9-5-11-6-10(9)16-2/h3-4,7,9-12H,5-6H2,1-2H3/t9?,10-/m0/s1. The maximum absolute atomic E-state index is 12.1. The number of aromatic nitrogens is 1. The molecular weight excluding hydrogens is 242 g/mol. The van der Waals surface area contributed by atoms with Crippen molar-refractivity contribution in [2.45, 2.75) is 17.0 Å². The third-order valence-electron chi connectivity index (χ3n) is 2.88. The van der Waals surface area contributed by atoms with Gasteiger partial charge < -0.3 is 14.6 Å². The first-order valence-electron chi connectivity index (χ1n) is 5.41. The van der Waals surface area contributed by atoms with Crippen LogP contribution in [0.15, 0.2) is 23.4 Å². The fraction of sp³-hybridized carbons (Fsp3) is 0.600. The van der Waals surface area contributed by atoms with Crippen molar-refractivity contribution in [2.24, 2.45) is 7.05 Å². The Morgan fingerprint density at radius 3 is 2.88 bits per heavy atom. The first kappa shape index (κ1) is 12.6. The molecule has 2 heterocycles. The largest absolute Gasteiger partial charge is 0.378 e. The minimum atomic E-state index is -3.46. The van der Waals surface area contributed by atoms with Crippen molar-refractivity contribution >= 4 is 10.0 Å². The van der Waals surface area contributed by atoms with Crippen molar-refractivity contribution in [2.75, 3.05) is 20.2 Å². The van der Waals surface area contributed by atoms with E-state index >= 15 is 0 Å². The Balaban J connectivity index is 2.12. The van der Waals surface area contributed by atoms with E-state index in [1.165, 1.54) is 0 Å². The summed E-state index contributed by atoms with van der Waals surface area (Å²) in [5, 5.41) is 3.10. The number of methoxy groups -OCH3 is 1. The van der Waals surface area contributed by atoms with E-state index in [1.807, 2.05) is 0 Å². The van der Waals surface area contributed by atoms with Gasteiger partial charge in [0.25, 0.3) is 0 Å². The van der Waals surface area contributed by atoms with E-state index in [4.69, 9.17) is 4.74 Å². The van der Waals surface area contributed by atoms with Gasteiger partial charge in [-0.15, -0.1) is 0 Å². The molecule has 0 aliphatic carbocycles. The predicted molar refractivity (Wildman–Crippen MR) is 63.2 cm³/mol. The Bertz CT molecular complexity index is 483. The number of sulfonamides is 1. The number of hydrogen-bond acceptors (Lipinski definition) is 4. The Hall–Kier alpha value is -0.890. The lowest BCUT2D eigenvalue weighted by Gasteiger charge is -2.18. The van der Waals surface area contributed by atoms with Gasteiger partial charge in [-0.25, -0.2) is 13.1 Å². The van der Waals surface area contributed by atoms with Gasteiger partial charge in [-0.3, -0.25) is 0 Å². The molecule has 1 aliphatic rings. The van der Waals surface area contributed by atoms with Crippen LogP contribution in [0, 0.1) is 0 Å². The van der Waals surface area contributed by atoms with Gasteiger partial charge in [0.15, 0.2) is 0 Å². The van der Waals surface area contributed by atoms with E-state index < -0.39 is 10.0 Å². The summed E-state index contributed by atoms with van der Waals surface area (Å²) in [5.74, 6) is 0. The highest BCUT2D eigenvalue weighted by molar-refractivity contribution is 7.89. The average molecular weight is 259 g/mol. The van der Waals surface area contributed by atoms with Gasteiger partial charge in [-0.1, -0.05) is 0 Å². The fourth-order valence-electron chi connectivity index (χ4n) is 1.92. The van der Waals surface area contributed by atoms with Crippen LogP contribution in [0.25, 0.3) is 0 Å². The van der Waals surface area contributed by atoms with Gasteiger partial charge in [0.05, 0.1) is 17.0 Å². The van der Waals surface area contributed by atoms with Crippen molar-refractivity contribution in [3.05, 3.63) is 18.5 Å². The number of ether oxygens (including phenoxy) is 1. The topological polar surface area (TPSA) is 72.4 Å².